The quantitative estimate of drug-likeness (QED) is 0.192. The van der Waals surface area contributed by atoms with Crippen molar-refractivity contribution in [2.45, 2.75) is 0 Å². The minimum absolute atomic E-state index is 0.900. The highest BCUT2D eigenvalue weighted by molar-refractivity contribution is 7.26. The van der Waals surface area contributed by atoms with Crippen molar-refractivity contribution in [3.05, 3.63) is 164 Å². The first-order chi connectivity index (χ1) is 23.3. The minimum Gasteiger partial charge on any atom is -0.454 e. The lowest BCUT2D eigenvalue weighted by atomic mass is 9.95. The second-order valence-corrected chi connectivity index (χ2v) is 13.1. The van der Waals surface area contributed by atoms with Crippen LogP contribution in [0.2, 0.25) is 0 Å². The van der Waals surface area contributed by atoms with E-state index in [1.54, 1.807) is 0 Å². The SMILES string of the molecule is c1ccc(-c2cccc3c2sc2cccc(-c4ccc(-c5ccc6oc7c8ccccc8n(-c8ccccc8)c7c6c5)cc4)c23)cc1. The van der Waals surface area contributed by atoms with Crippen molar-refractivity contribution >= 4 is 64.5 Å². The lowest BCUT2D eigenvalue weighted by molar-refractivity contribution is 0.673. The summed E-state index contributed by atoms with van der Waals surface area (Å²) >= 11 is 1.88. The third-order valence-electron chi connectivity index (χ3n) is 9.43. The van der Waals surface area contributed by atoms with Gasteiger partial charge in [0, 0.05) is 36.6 Å². The Labute approximate surface area is 275 Å². The highest BCUT2D eigenvalue weighted by Crippen LogP contribution is 2.44. The van der Waals surface area contributed by atoms with E-state index in [4.69, 9.17) is 4.42 Å². The van der Waals surface area contributed by atoms with Gasteiger partial charge in [0.2, 0.25) is 0 Å². The van der Waals surface area contributed by atoms with E-state index in [0.29, 0.717) is 0 Å². The zero-order valence-electron chi connectivity index (χ0n) is 25.4. The van der Waals surface area contributed by atoms with Gasteiger partial charge in [-0.25, -0.2) is 0 Å². The Morgan fingerprint density at radius 1 is 0.468 bits per heavy atom. The number of hydrogen-bond donors (Lipinski definition) is 0. The molecule has 0 amide bonds. The summed E-state index contributed by atoms with van der Waals surface area (Å²) in [4.78, 5) is 0. The first kappa shape index (κ1) is 26.3. The highest BCUT2D eigenvalue weighted by Gasteiger charge is 2.20. The molecule has 0 saturated heterocycles. The van der Waals surface area contributed by atoms with Crippen LogP contribution >= 0.6 is 11.3 Å². The number of furan rings is 1. The van der Waals surface area contributed by atoms with Gasteiger partial charge in [-0.2, -0.15) is 0 Å². The number of benzene rings is 7. The predicted molar refractivity (Wildman–Crippen MR) is 200 cm³/mol. The van der Waals surface area contributed by atoms with Crippen LogP contribution in [0.15, 0.2) is 168 Å². The average Bonchev–Trinajstić information content (AvgIpc) is 3.81. The first-order valence-corrected chi connectivity index (χ1v) is 16.7. The van der Waals surface area contributed by atoms with Crippen molar-refractivity contribution in [3.63, 3.8) is 0 Å². The highest BCUT2D eigenvalue weighted by atomic mass is 32.1. The molecule has 0 aliphatic heterocycles. The zero-order chi connectivity index (χ0) is 30.9. The number of rotatable bonds is 4. The first-order valence-electron chi connectivity index (χ1n) is 15.9. The van der Waals surface area contributed by atoms with Crippen molar-refractivity contribution in [1.82, 2.24) is 4.57 Å². The van der Waals surface area contributed by atoms with Gasteiger partial charge in [0.05, 0.1) is 5.52 Å². The van der Waals surface area contributed by atoms with Gasteiger partial charge >= 0.3 is 0 Å². The molecule has 0 fully saturated rings. The third kappa shape index (κ3) is 4.04. The van der Waals surface area contributed by atoms with Gasteiger partial charge in [0.15, 0.2) is 5.58 Å². The van der Waals surface area contributed by atoms with Gasteiger partial charge < -0.3 is 8.98 Å². The van der Waals surface area contributed by atoms with Crippen LogP contribution in [0, 0.1) is 0 Å². The topological polar surface area (TPSA) is 18.1 Å². The molecule has 10 rings (SSSR count). The molecule has 47 heavy (non-hydrogen) atoms. The standard InChI is InChI=1S/C44H27NOS/c1-3-11-29(12-4-1)34-17-9-18-36-41-33(16-10-20-40(41)47-44(34)36)30-23-21-28(22-24-30)31-25-26-39-37(27-31)42-43(46-39)35-15-7-8-19-38(35)45(42)32-13-5-2-6-14-32/h1-27H. The molecule has 0 radical (unpaired) electrons. The van der Waals surface area contributed by atoms with Gasteiger partial charge in [-0.15, -0.1) is 11.3 Å². The number of nitrogens with zero attached hydrogens (tertiary/aromatic N) is 1. The van der Waals surface area contributed by atoms with Gasteiger partial charge in [-0.1, -0.05) is 121 Å². The van der Waals surface area contributed by atoms with E-state index in [1.807, 2.05) is 11.3 Å². The largest absolute Gasteiger partial charge is 0.454 e. The lowest BCUT2D eigenvalue weighted by Gasteiger charge is -2.09. The molecule has 0 N–H and O–H groups in total. The van der Waals surface area contributed by atoms with Crippen molar-refractivity contribution in [2.24, 2.45) is 0 Å². The average molecular weight is 618 g/mol. The van der Waals surface area contributed by atoms with Crippen molar-refractivity contribution < 1.29 is 4.42 Å². The molecule has 3 aromatic heterocycles. The number of hydrogen-bond acceptors (Lipinski definition) is 2. The summed E-state index contributed by atoms with van der Waals surface area (Å²) in [6.07, 6.45) is 0. The number of thiophene rings is 1. The second-order valence-electron chi connectivity index (χ2n) is 12.1. The summed E-state index contributed by atoms with van der Waals surface area (Å²) < 4.78 is 11.5. The Kier molecular flexibility index (Phi) is 5.78. The van der Waals surface area contributed by atoms with Crippen LogP contribution in [0.5, 0.6) is 0 Å². The molecule has 0 bridgehead atoms. The molecule has 0 spiro atoms. The van der Waals surface area contributed by atoms with Gasteiger partial charge in [0.25, 0.3) is 0 Å². The molecular formula is C44H27NOS. The summed E-state index contributed by atoms with van der Waals surface area (Å²) in [5.74, 6) is 0. The maximum Gasteiger partial charge on any atom is 0.161 e. The molecule has 2 nitrogen and oxygen atoms in total. The van der Waals surface area contributed by atoms with E-state index < -0.39 is 0 Å². The summed E-state index contributed by atoms with van der Waals surface area (Å²) in [5, 5.41) is 4.88. The Balaban J connectivity index is 1.10. The minimum atomic E-state index is 0.900. The fourth-order valence-electron chi connectivity index (χ4n) is 7.27. The third-order valence-corrected chi connectivity index (χ3v) is 10.6. The summed E-state index contributed by atoms with van der Waals surface area (Å²) in [6, 6.07) is 58.8. The van der Waals surface area contributed by atoms with Gasteiger partial charge in [-0.3, -0.25) is 0 Å². The normalized spacial score (nSPS) is 11.8. The van der Waals surface area contributed by atoms with Crippen LogP contribution in [0.25, 0.3) is 92.2 Å². The Morgan fingerprint density at radius 3 is 1.98 bits per heavy atom. The number of fused-ring (bicyclic) bond motifs is 8. The Morgan fingerprint density at radius 2 is 1.13 bits per heavy atom. The van der Waals surface area contributed by atoms with Crippen molar-refractivity contribution in [3.8, 4) is 39.1 Å². The van der Waals surface area contributed by atoms with Crippen LogP contribution in [-0.2, 0) is 0 Å². The Bertz CT molecular complexity index is 2770. The Hall–Kier alpha value is -5.90. The van der Waals surface area contributed by atoms with Crippen LogP contribution in [0.4, 0.5) is 0 Å². The van der Waals surface area contributed by atoms with Crippen molar-refractivity contribution in [2.75, 3.05) is 0 Å². The van der Waals surface area contributed by atoms with Crippen LogP contribution in [0.1, 0.15) is 0 Å². The molecule has 3 heteroatoms. The predicted octanol–water partition coefficient (Wildman–Crippen LogP) is 12.9. The number of aromatic nitrogens is 1. The molecule has 0 unspecified atom stereocenters. The second kappa shape index (κ2) is 10.3. The molecule has 0 saturated carbocycles. The lowest BCUT2D eigenvalue weighted by Crippen LogP contribution is -1.92. The van der Waals surface area contributed by atoms with Gasteiger partial charge in [-0.05, 0) is 75.8 Å². The van der Waals surface area contributed by atoms with E-state index in [-0.39, 0.29) is 0 Å². The van der Waals surface area contributed by atoms with E-state index in [1.165, 1.54) is 53.6 Å². The van der Waals surface area contributed by atoms with E-state index in [2.05, 4.69) is 168 Å². The van der Waals surface area contributed by atoms with E-state index >= 15 is 0 Å². The van der Waals surface area contributed by atoms with Crippen LogP contribution in [-0.4, -0.2) is 4.57 Å². The van der Waals surface area contributed by atoms with Crippen LogP contribution < -0.4 is 0 Å². The number of para-hydroxylation sites is 2. The fourth-order valence-corrected chi connectivity index (χ4v) is 8.54. The molecule has 0 atom stereocenters. The maximum absolute atomic E-state index is 6.52. The molecule has 3 heterocycles. The molecular weight excluding hydrogens is 591 g/mol. The maximum atomic E-state index is 6.52. The molecule has 10 aromatic rings. The summed E-state index contributed by atoms with van der Waals surface area (Å²) in [5.41, 5.74) is 12.6. The smallest absolute Gasteiger partial charge is 0.161 e. The zero-order valence-corrected chi connectivity index (χ0v) is 26.2. The monoisotopic (exact) mass is 617 g/mol. The van der Waals surface area contributed by atoms with E-state index in [0.717, 1.165) is 38.7 Å². The molecule has 220 valence electrons. The molecule has 0 aliphatic rings. The summed E-state index contributed by atoms with van der Waals surface area (Å²) in [6.45, 7) is 0. The van der Waals surface area contributed by atoms with Gasteiger partial charge in [0.1, 0.15) is 11.1 Å². The van der Waals surface area contributed by atoms with Crippen LogP contribution in [0.3, 0.4) is 0 Å². The van der Waals surface area contributed by atoms with E-state index in [9.17, 15) is 0 Å². The molecule has 0 aliphatic carbocycles. The fraction of sp³-hybridized carbons (Fsp3) is 0. The molecule has 7 aromatic carbocycles. The van der Waals surface area contributed by atoms with Crippen molar-refractivity contribution in [1.29, 1.82) is 0 Å². The summed E-state index contributed by atoms with van der Waals surface area (Å²) in [7, 11) is 0.